The number of amides is 1. The van der Waals surface area contributed by atoms with Crippen LogP contribution in [-0.4, -0.2) is 40.4 Å². The quantitative estimate of drug-likeness (QED) is 0.281. The Labute approximate surface area is 220 Å². The lowest BCUT2D eigenvalue weighted by atomic mass is 9.94. The lowest BCUT2D eigenvalue weighted by molar-refractivity contribution is 0.102. The minimum atomic E-state index is -0.235. The molecule has 0 aliphatic carbocycles. The van der Waals surface area contributed by atoms with Crippen LogP contribution in [0.15, 0.2) is 85.2 Å². The lowest BCUT2D eigenvalue weighted by Gasteiger charge is -2.26. The number of hydrogen-bond acceptors (Lipinski definition) is 4. The monoisotopic (exact) mass is 514 g/mol. The van der Waals surface area contributed by atoms with Gasteiger partial charge in [0.1, 0.15) is 5.15 Å². The van der Waals surface area contributed by atoms with E-state index in [0.29, 0.717) is 5.56 Å². The minimum absolute atomic E-state index is 0.235. The van der Waals surface area contributed by atoms with Crippen molar-refractivity contribution in [2.45, 2.75) is 6.42 Å². The van der Waals surface area contributed by atoms with E-state index >= 15 is 0 Å². The molecule has 1 N–H and O–H groups in total. The highest BCUT2D eigenvalue weighted by atomic mass is 35.5. The standard InChI is InChI=1S/C29H24Cl2N4O/c30-24-8-5-20(6-9-24)3-2-16-35-17-12-21(13-18-35)27-25(10-7-22-4-1-14-33-28(22)27)34-29(36)23-11-15-32-26(31)19-23/h1-12,14-15,19H,13,16-18H2,(H,34,36)/b3-2+. The maximum Gasteiger partial charge on any atom is 0.255 e. The van der Waals surface area contributed by atoms with Crippen molar-refractivity contribution in [3.63, 3.8) is 0 Å². The lowest BCUT2D eigenvalue weighted by Crippen LogP contribution is -2.28. The first kappa shape index (κ1) is 24.2. The second-order valence-electron chi connectivity index (χ2n) is 8.58. The maximum absolute atomic E-state index is 13.0. The Balaban J connectivity index is 1.37. The number of anilines is 1. The summed E-state index contributed by atoms with van der Waals surface area (Å²) in [6, 6.07) is 18.9. The van der Waals surface area contributed by atoms with E-state index in [1.807, 2.05) is 48.5 Å². The summed E-state index contributed by atoms with van der Waals surface area (Å²) in [5, 5.41) is 5.13. The van der Waals surface area contributed by atoms with Gasteiger partial charge in [-0.3, -0.25) is 14.7 Å². The predicted molar refractivity (Wildman–Crippen MR) is 148 cm³/mol. The van der Waals surface area contributed by atoms with E-state index in [0.717, 1.165) is 58.8 Å². The molecule has 1 amide bonds. The van der Waals surface area contributed by atoms with Gasteiger partial charge in [0.2, 0.25) is 0 Å². The molecule has 4 aromatic rings. The number of benzene rings is 2. The molecule has 2 aromatic heterocycles. The normalized spacial score (nSPS) is 14.2. The first-order chi connectivity index (χ1) is 17.6. The van der Waals surface area contributed by atoms with Crippen LogP contribution >= 0.6 is 23.2 Å². The molecule has 5 nitrogen and oxygen atoms in total. The summed E-state index contributed by atoms with van der Waals surface area (Å²) >= 11 is 12.0. The van der Waals surface area contributed by atoms with E-state index in [2.05, 4.69) is 38.4 Å². The Hall–Kier alpha value is -3.51. The third-order valence-corrected chi connectivity index (χ3v) is 6.63. The molecular weight excluding hydrogens is 491 g/mol. The van der Waals surface area contributed by atoms with Gasteiger partial charge >= 0.3 is 0 Å². The molecule has 1 aliphatic heterocycles. The van der Waals surface area contributed by atoms with Crippen molar-refractivity contribution in [1.29, 1.82) is 0 Å². The summed E-state index contributed by atoms with van der Waals surface area (Å²) in [6.07, 6.45) is 10.7. The molecule has 0 radical (unpaired) electrons. The molecule has 0 spiro atoms. The highest BCUT2D eigenvalue weighted by Gasteiger charge is 2.19. The van der Waals surface area contributed by atoms with E-state index in [-0.39, 0.29) is 11.1 Å². The number of carbonyl (C=O) groups is 1. The van der Waals surface area contributed by atoms with Gasteiger partial charge in [0.15, 0.2) is 0 Å². The van der Waals surface area contributed by atoms with Crippen molar-refractivity contribution in [2.24, 2.45) is 0 Å². The first-order valence-corrected chi connectivity index (χ1v) is 12.5. The van der Waals surface area contributed by atoms with Gasteiger partial charge in [-0.2, -0.15) is 0 Å². The zero-order valence-electron chi connectivity index (χ0n) is 19.5. The van der Waals surface area contributed by atoms with E-state index in [1.54, 1.807) is 18.3 Å². The molecule has 0 atom stereocenters. The van der Waals surface area contributed by atoms with Crippen LogP contribution in [0.3, 0.4) is 0 Å². The van der Waals surface area contributed by atoms with Crippen LogP contribution in [0, 0.1) is 0 Å². The van der Waals surface area contributed by atoms with Gasteiger partial charge in [0, 0.05) is 53.6 Å². The maximum atomic E-state index is 13.0. The summed E-state index contributed by atoms with van der Waals surface area (Å²) in [6.45, 7) is 2.58. The molecule has 5 rings (SSSR count). The minimum Gasteiger partial charge on any atom is -0.321 e. The summed E-state index contributed by atoms with van der Waals surface area (Å²) < 4.78 is 0. The largest absolute Gasteiger partial charge is 0.321 e. The SMILES string of the molecule is O=C(Nc1ccc2cccnc2c1C1=CCN(C/C=C/c2ccc(Cl)cc2)CC1)c1ccnc(Cl)c1. The van der Waals surface area contributed by atoms with Gasteiger partial charge in [0.25, 0.3) is 5.91 Å². The van der Waals surface area contributed by atoms with Crippen LogP contribution in [0.5, 0.6) is 0 Å². The third-order valence-electron chi connectivity index (χ3n) is 6.17. The van der Waals surface area contributed by atoms with Crippen molar-refractivity contribution in [2.75, 3.05) is 25.0 Å². The van der Waals surface area contributed by atoms with Crippen molar-refractivity contribution < 1.29 is 4.79 Å². The van der Waals surface area contributed by atoms with Crippen molar-refractivity contribution >= 4 is 57.3 Å². The molecule has 1 aliphatic rings. The molecule has 3 heterocycles. The summed E-state index contributed by atoms with van der Waals surface area (Å²) in [4.78, 5) is 24.0. The smallest absolute Gasteiger partial charge is 0.255 e. The van der Waals surface area contributed by atoms with Crippen LogP contribution in [-0.2, 0) is 0 Å². The van der Waals surface area contributed by atoms with Crippen LogP contribution in [0.25, 0.3) is 22.6 Å². The summed E-state index contributed by atoms with van der Waals surface area (Å²) in [5.74, 6) is -0.235. The number of halogens is 2. The second kappa shape index (κ2) is 11.0. The van der Waals surface area contributed by atoms with Gasteiger partial charge in [-0.05, 0) is 54.0 Å². The van der Waals surface area contributed by atoms with Gasteiger partial charge in [-0.15, -0.1) is 0 Å². The number of pyridine rings is 2. The topological polar surface area (TPSA) is 58.1 Å². The van der Waals surface area contributed by atoms with Crippen LogP contribution in [0.1, 0.15) is 27.9 Å². The second-order valence-corrected chi connectivity index (χ2v) is 9.40. The molecule has 0 bridgehead atoms. The fraction of sp³-hybridized carbons (Fsp3) is 0.138. The van der Waals surface area contributed by atoms with Crippen LogP contribution in [0.4, 0.5) is 5.69 Å². The number of nitrogens with one attached hydrogen (secondary N) is 1. The van der Waals surface area contributed by atoms with E-state index in [9.17, 15) is 4.79 Å². The molecule has 0 saturated heterocycles. The third kappa shape index (κ3) is 5.65. The fourth-order valence-corrected chi connectivity index (χ4v) is 4.63. The van der Waals surface area contributed by atoms with Gasteiger partial charge < -0.3 is 5.32 Å². The highest BCUT2D eigenvalue weighted by Crippen LogP contribution is 2.34. The zero-order valence-corrected chi connectivity index (χ0v) is 21.0. The first-order valence-electron chi connectivity index (χ1n) is 11.7. The Morgan fingerprint density at radius 3 is 2.67 bits per heavy atom. The number of aromatic nitrogens is 2. The average molecular weight is 515 g/mol. The average Bonchev–Trinajstić information content (AvgIpc) is 2.90. The molecule has 0 unspecified atom stereocenters. The van der Waals surface area contributed by atoms with E-state index in [4.69, 9.17) is 23.2 Å². The fourth-order valence-electron chi connectivity index (χ4n) is 4.33. The molecule has 0 saturated carbocycles. The molecular formula is C29H24Cl2N4O. The van der Waals surface area contributed by atoms with Crippen molar-refractivity contribution in [3.8, 4) is 0 Å². The van der Waals surface area contributed by atoms with Gasteiger partial charge in [0.05, 0.1) is 11.2 Å². The highest BCUT2D eigenvalue weighted by molar-refractivity contribution is 6.30. The molecule has 7 heteroatoms. The summed E-state index contributed by atoms with van der Waals surface area (Å²) in [7, 11) is 0. The van der Waals surface area contributed by atoms with Crippen LogP contribution in [0.2, 0.25) is 10.2 Å². The van der Waals surface area contributed by atoms with Gasteiger partial charge in [-0.25, -0.2) is 4.98 Å². The predicted octanol–water partition coefficient (Wildman–Crippen LogP) is 6.99. The number of rotatable bonds is 6. The van der Waals surface area contributed by atoms with E-state index < -0.39 is 0 Å². The Morgan fingerprint density at radius 2 is 1.89 bits per heavy atom. The van der Waals surface area contributed by atoms with E-state index in [1.165, 1.54) is 11.8 Å². The zero-order chi connectivity index (χ0) is 24.9. The Morgan fingerprint density at radius 1 is 1.03 bits per heavy atom. The Kier molecular flexibility index (Phi) is 7.42. The van der Waals surface area contributed by atoms with Crippen molar-refractivity contribution in [3.05, 3.63) is 112 Å². The van der Waals surface area contributed by atoms with Crippen LogP contribution < -0.4 is 5.32 Å². The molecule has 2 aromatic carbocycles. The Bertz CT molecular complexity index is 1460. The number of carbonyl (C=O) groups excluding carboxylic acids is 1. The number of hydrogen-bond donors (Lipinski definition) is 1. The molecule has 180 valence electrons. The van der Waals surface area contributed by atoms with Crippen molar-refractivity contribution in [1.82, 2.24) is 14.9 Å². The molecule has 36 heavy (non-hydrogen) atoms. The molecule has 0 fully saturated rings. The summed E-state index contributed by atoms with van der Waals surface area (Å²) in [5.41, 5.74) is 5.36. The van der Waals surface area contributed by atoms with Gasteiger partial charge in [-0.1, -0.05) is 65.7 Å². The number of nitrogens with zero attached hydrogens (tertiary/aromatic N) is 3. The number of fused-ring (bicyclic) bond motifs is 1.